The van der Waals surface area contributed by atoms with Crippen molar-refractivity contribution < 1.29 is 13.2 Å². The summed E-state index contributed by atoms with van der Waals surface area (Å²) in [4.78, 5) is 11.4. The molecule has 0 aliphatic carbocycles. The van der Waals surface area contributed by atoms with Gasteiger partial charge in [-0.15, -0.1) is 0 Å². The van der Waals surface area contributed by atoms with E-state index >= 15 is 0 Å². The molecule has 0 aromatic carbocycles. The monoisotopic (exact) mass is 238 g/mol. The first-order valence-corrected chi connectivity index (χ1v) is 6.31. The standard InChI is InChI=1S/C7H14N2O3S2/c1-4(6(8)13)9-7(10)5(2)14(3,11)12/h4-5H,1-3H3,(H2,8,13)(H,9,10). The highest BCUT2D eigenvalue weighted by molar-refractivity contribution is 7.92. The molecule has 0 heterocycles. The van der Waals surface area contributed by atoms with Gasteiger partial charge < -0.3 is 11.1 Å². The fourth-order valence-electron chi connectivity index (χ4n) is 0.596. The third-order valence-corrected chi connectivity index (χ3v) is 3.65. The summed E-state index contributed by atoms with van der Waals surface area (Å²) in [5.41, 5.74) is 5.26. The Morgan fingerprint density at radius 3 is 2.14 bits per heavy atom. The van der Waals surface area contributed by atoms with Crippen molar-refractivity contribution in [1.82, 2.24) is 5.32 Å². The molecule has 3 N–H and O–H groups in total. The maximum atomic E-state index is 11.3. The van der Waals surface area contributed by atoms with E-state index in [1.807, 2.05) is 0 Å². The highest BCUT2D eigenvalue weighted by Gasteiger charge is 2.24. The second-order valence-electron chi connectivity index (χ2n) is 3.10. The van der Waals surface area contributed by atoms with Crippen LogP contribution in [-0.2, 0) is 14.6 Å². The fourth-order valence-corrected chi connectivity index (χ4v) is 1.11. The molecule has 0 aromatic heterocycles. The van der Waals surface area contributed by atoms with E-state index in [4.69, 9.17) is 5.73 Å². The largest absolute Gasteiger partial charge is 0.392 e. The molecule has 0 saturated heterocycles. The third-order valence-electron chi connectivity index (χ3n) is 1.80. The summed E-state index contributed by atoms with van der Waals surface area (Å²) in [7, 11) is -3.37. The minimum absolute atomic E-state index is 0.124. The number of hydrogen-bond donors (Lipinski definition) is 2. The summed E-state index contributed by atoms with van der Waals surface area (Å²) in [5.74, 6) is -0.590. The Bertz CT molecular complexity index is 337. The van der Waals surface area contributed by atoms with Crippen molar-refractivity contribution in [3.05, 3.63) is 0 Å². The molecule has 0 spiro atoms. The lowest BCUT2D eigenvalue weighted by Gasteiger charge is -2.15. The molecular weight excluding hydrogens is 224 g/mol. The Kier molecular flexibility index (Phi) is 4.47. The van der Waals surface area contributed by atoms with Gasteiger partial charge in [0.25, 0.3) is 0 Å². The van der Waals surface area contributed by atoms with Crippen molar-refractivity contribution in [1.29, 1.82) is 0 Å². The van der Waals surface area contributed by atoms with Gasteiger partial charge in [-0.3, -0.25) is 4.79 Å². The Hall–Kier alpha value is -0.690. The number of carbonyl (C=O) groups excluding carboxylic acids is 1. The summed E-state index contributed by atoms with van der Waals surface area (Å²) >= 11 is 4.63. The predicted octanol–water partition coefficient (Wildman–Crippen LogP) is -0.790. The molecule has 14 heavy (non-hydrogen) atoms. The first kappa shape index (κ1) is 13.3. The average Bonchev–Trinajstić information content (AvgIpc) is 2.00. The van der Waals surface area contributed by atoms with Gasteiger partial charge >= 0.3 is 0 Å². The van der Waals surface area contributed by atoms with Crippen LogP contribution in [-0.4, -0.2) is 36.9 Å². The van der Waals surface area contributed by atoms with E-state index in [1.165, 1.54) is 6.92 Å². The molecular formula is C7H14N2O3S2. The molecule has 0 aliphatic rings. The lowest BCUT2D eigenvalue weighted by Crippen LogP contribution is -2.46. The van der Waals surface area contributed by atoms with Crippen molar-refractivity contribution in [2.45, 2.75) is 25.1 Å². The lowest BCUT2D eigenvalue weighted by molar-refractivity contribution is -0.120. The molecule has 0 saturated carbocycles. The summed E-state index contributed by atoms with van der Waals surface area (Å²) < 4.78 is 22.0. The van der Waals surface area contributed by atoms with Crippen LogP contribution in [0.15, 0.2) is 0 Å². The Labute approximate surface area is 89.0 Å². The SMILES string of the molecule is CC(NC(=O)C(C)S(C)(=O)=O)C(N)=S. The quantitative estimate of drug-likeness (QED) is 0.627. The third kappa shape index (κ3) is 4.01. The molecule has 0 aromatic rings. The van der Waals surface area contributed by atoms with Gasteiger partial charge in [0.05, 0.1) is 11.0 Å². The van der Waals surface area contributed by atoms with E-state index in [0.29, 0.717) is 0 Å². The number of hydrogen-bond acceptors (Lipinski definition) is 4. The van der Waals surface area contributed by atoms with E-state index in [1.54, 1.807) is 6.92 Å². The van der Waals surface area contributed by atoms with Crippen molar-refractivity contribution in [3.8, 4) is 0 Å². The van der Waals surface area contributed by atoms with Crippen molar-refractivity contribution >= 4 is 33.0 Å². The van der Waals surface area contributed by atoms with Crippen LogP contribution in [0.4, 0.5) is 0 Å². The minimum Gasteiger partial charge on any atom is -0.392 e. The zero-order chi connectivity index (χ0) is 11.5. The molecule has 0 rings (SSSR count). The van der Waals surface area contributed by atoms with Gasteiger partial charge in [0, 0.05) is 6.26 Å². The van der Waals surface area contributed by atoms with Crippen LogP contribution < -0.4 is 11.1 Å². The summed E-state index contributed by atoms with van der Waals surface area (Å²) in [6.45, 7) is 2.91. The van der Waals surface area contributed by atoms with Gasteiger partial charge in [-0.05, 0) is 13.8 Å². The molecule has 2 unspecified atom stereocenters. The molecule has 7 heteroatoms. The first-order valence-electron chi connectivity index (χ1n) is 3.94. The van der Waals surface area contributed by atoms with Gasteiger partial charge in [0.15, 0.2) is 9.84 Å². The van der Waals surface area contributed by atoms with E-state index in [-0.39, 0.29) is 4.99 Å². The number of nitrogens with one attached hydrogen (secondary N) is 1. The van der Waals surface area contributed by atoms with Crippen LogP contribution in [0.2, 0.25) is 0 Å². The Morgan fingerprint density at radius 1 is 1.43 bits per heavy atom. The second kappa shape index (κ2) is 4.70. The summed E-state index contributed by atoms with van der Waals surface area (Å²) in [6.07, 6.45) is 1.00. The van der Waals surface area contributed by atoms with Gasteiger partial charge in [-0.2, -0.15) is 0 Å². The molecule has 5 nitrogen and oxygen atoms in total. The molecule has 2 atom stereocenters. The number of amides is 1. The molecule has 82 valence electrons. The van der Waals surface area contributed by atoms with E-state index in [2.05, 4.69) is 17.5 Å². The van der Waals surface area contributed by atoms with Crippen LogP contribution in [0, 0.1) is 0 Å². The zero-order valence-corrected chi connectivity index (χ0v) is 9.91. The maximum Gasteiger partial charge on any atom is 0.238 e. The molecule has 0 bridgehead atoms. The van der Waals surface area contributed by atoms with Crippen LogP contribution >= 0.6 is 12.2 Å². The molecule has 1 amide bonds. The minimum atomic E-state index is -3.37. The topological polar surface area (TPSA) is 89.3 Å². The summed E-state index contributed by atoms with van der Waals surface area (Å²) in [5, 5.41) is 1.32. The van der Waals surface area contributed by atoms with Gasteiger partial charge in [-0.1, -0.05) is 12.2 Å². The summed E-state index contributed by atoms with van der Waals surface area (Å²) in [6, 6.07) is -0.498. The first-order chi connectivity index (χ1) is 6.16. The van der Waals surface area contributed by atoms with Crippen molar-refractivity contribution in [2.75, 3.05) is 6.26 Å². The van der Waals surface area contributed by atoms with E-state index < -0.39 is 27.0 Å². The number of nitrogens with two attached hydrogens (primary N) is 1. The van der Waals surface area contributed by atoms with E-state index in [9.17, 15) is 13.2 Å². The van der Waals surface area contributed by atoms with Crippen LogP contribution in [0.1, 0.15) is 13.8 Å². The smallest absolute Gasteiger partial charge is 0.238 e. The maximum absolute atomic E-state index is 11.3. The fraction of sp³-hybridized carbons (Fsp3) is 0.714. The number of sulfone groups is 1. The number of rotatable bonds is 4. The van der Waals surface area contributed by atoms with Gasteiger partial charge in [-0.25, -0.2) is 8.42 Å². The van der Waals surface area contributed by atoms with Gasteiger partial charge in [0.2, 0.25) is 5.91 Å². The van der Waals surface area contributed by atoms with Crippen LogP contribution in [0.3, 0.4) is 0 Å². The van der Waals surface area contributed by atoms with E-state index in [0.717, 1.165) is 6.26 Å². The zero-order valence-electron chi connectivity index (χ0n) is 8.27. The van der Waals surface area contributed by atoms with Crippen molar-refractivity contribution in [2.24, 2.45) is 5.73 Å². The lowest BCUT2D eigenvalue weighted by atomic mass is 10.3. The van der Waals surface area contributed by atoms with Crippen LogP contribution in [0.25, 0.3) is 0 Å². The highest BCUT2D eigenvalue weighted by Crippen LogP contribution is 1.98. The number of thiocarbonyl (C=S) groups is 1. The highest BCUT2D eigenvalue weighted by atomic mass is 32.2. The Morgan fingerprint density at radius 2 is 1.86 bits per heavy atom. The normalized spacial score (nSPS) is 15.6. The molecule has 0 fully saturated rings. The molecule has 0 radical (unpaired) electrons. The molecule has 0 aliphatic heterocycles. The van der Waals surface area contributed by atoms with Gasteiger partial charge in [0.1, 0.15) is 5.25 Å². The predicted molar refractivity (Wildman–Crippen MR) is 58.7 cm³/mol. The van der Waals surface area contributed by atoms with Crippen LogP contribution in [0.5, 0.6) is 0 Å². The number of carbonyl (C=O) groups is 1. The Balaban J connectivity index is 4.45. The second-order valence-corrected chi connectivity index (χ2v) is 5.94. The van der Waals surface area contributed by atoms with Crippen molar-refractivity contribution in [3.63, 3.8) is 0 Å². The average molecular weight is 238 g/mol.